The van der Waals surface area contributed by atoms with E-state index in [4.69, 9.17) is 5.11 Å². The van der Waals surface area contributed by atoms with E-state index in [-0.39, 0.29) is 11.5 Å². The minimum absolute atomic E-state index is 0.0945. The van der Waals surface area contributed by atoms with Crippen molar-refractivity contribution in [1.82, 2.24) is 10.6 Å². The van der Waals surface area contributed by atoms with Crippen LogP contribution in [0.25, 0.3) is 0 Å². The lowest BCUT2D eigenvalue weighted by Crippen LogP contribution is -2.54. The molecule has 0 heterocycles. The standard InChI is InChI=1S/C12H24N2O3/c1-6-8(3)9(10(15)16)13-11(17)14-12(4,5)7-2/h8-9H,6-7H2,1-5H3,(H,15,16)(H2,13,14,17). The van der Waals surface area contributed by atoms with Gasteiger partial charge in [0.25, 0.3) is 0 Å². The van der Waals surface area contributed by atoms with Gasteiger partial charge in [0.1, 0.15) is 6.04 Å². The molecule has 0 spiro atoms. The van der Waals surface area contributed by atoms with Crippen molar-refractivity contribution in [2.45, 2.75) is 59.0 Å². The molecule has 0 aliphatic carbocycles. The number of nitrogens with one attached hydrogen (secondary N) is 2. The Hall–Kier alpha value is -1.26. The molecule has 2 unspecified atom stereocenters. The van der Waals surface area contributed by atoms with Crippen molar-refractivity contribution in [3.05, 3.63) is 0 Å². The third-order valence-electron chi connectivity index (χ3n) is 3.10. The van der Waals surface area contributed by atoms with Gasteiger partial charge in [-0.15, -0.1) is 0 Å². The van der Waals surface area contributed by atoms with Crippen LogP contribution >= 0.6 is 0 Å². The van der Waals surface area contributed by atoms with Gasteiger partial charge in [0, 0.05) is 5.54 Å². The molecule has 5 nitrogen and oxygen atoms in total. The van der Waals surface area contributed by atoms with Crippen LogP contribution < -0.4 is 10.6 Å². The van der Waals surface area contributed by atoms with Crippen LogP contribution in [0.5, 0.6) is 0 Å². The average molecular weight is 244 g/mol. The largest absolute Gasteiger partial charge is 0.480 e. The third kappa shape index (κ3) is 5.56. The molecule has 0 aliphatic rings. The first-order valence-electron chi connectivity index (χ1n) is 6.05. The molecule has 0 aromatic rings. The van der Waals surface area contributed by atoms with Gasteiger partial charge in [0.2, 0.25) is 0 Å². The van der Waals surface area contributed by atoms with Crippen LogP contribution in [-0.2, 0) is 4.79 Å². The van der Waals surface area contributed by atoms with E-state index in [1.807, 2.05) is 34.6 Å². The lowest BCUT2D eigenvalue weighted by atomic mass is 9.99. The van der Waals surface area contributed by atoms with Crippen molar-refractivity contribution in [2.24, 2.45) is 5.92 Å². The van der Waals surface area contributed by atoms with Gasteiger partial charge in [0.15, 0.2) is 0 Å². The molecule has 17 heavy (non-hydrogen) atoms. The summed E-state index contributed by atoms with van der Waals surface area (Å²) in [6, 6.07) is -1.27. The highest BCUT2D eigenvalue weighted by Gasteiger charge is 2.27. The van der Waals surface area contributed by atoms with E-state index in [1.54, 1.807) is 0 Å². The highest BCUT2D eigenvalue weighted by Crippen LogP contribution is 2.09. The topological polar surface area (TPSA) is 78.4 Å². The van der Waals surface area contributed by atoms with E-state index in [0.717, 1.165) is 6.42 Å². The first kappa shape index (κ1) is 15.7. The van der Waals surface area contributed by atoms with Crippen molar-refractivity contribution < 1.29 is 14.7 Å². The highest BCUT2D eigenvalue weighted by atomic mass is 16.4. The quantitative estimate of drug-likeness (QED) is 0.668. The number of carbonyl (C=O) groups excluding carboxylic acids is 1. The van der Waals surface area contributed by atoms with Crippen molar-refractivity contribution in [3.63, 3.8) is 0 Å². The maximum absolute atomic E-state index is 11.7. The van der Waals surface area contributed by atoms with Crippen molar-refractivity contribution in [1.29, 1.82) is 0 Å². The molecule has 0 bridgehead atoms. The van der Waals surface area contributed by atoms with Crippen molar-refractivity contribution >= 4 is 12.0 Å². The number of rotatable bonds is 6. The van der Waals surface area contributed by atoms with Gasteiger partial charge < -0.3 is 15.7 Å². The van der Waals surface area contributed by atoms with Gasteiger partial charge in [-0.1, -0.05) is 27.2 Å². The fourth-order valence-corrected chi connectivity index (χ4v) is 1.26. The first-order valence-corrected chi connectivity index (χ1v) is 6.05. The third-order valence-corrected chi connectivity index (χ3v) is 3.10. The van der Waals surface area contributed by atoms with E-state index in [9.17, 15) is 9.59 Å². The summed E-state index contributed by atoms with van der Waals surface area (Å²) in [5, 5.41) is 14.3. The summed E-state index contributed by atoms with van der Waals surface area (Å²) in [4.78, 5) is 22.7. The van der Waals surface area contributed by atoms with Crippen LogP contribution in [0.1, 0.15) is 47.5 Å². The predicted molar refractivity (Wildman–Crippen MR) is 66.9 cm³/mol. The van der Waals surface area contributed by atoms with E-state index < -0.39 is 18.0 Å². The number of hydrogen-bond donors (Lipinski definition) is 3. The van der Waals surface area contributed by atoms with E-state index >= 15 is 0 Å². The Balaban J connectivity index is 4.47. The lowest BCUT2D eigenvalue weighted by molar-refractivity contribution is -0.140. The van der Waals surface area contributed by atoms with Crippen molar-refractivity contribution in [2.75, 3.05) is 0 Å². The number of hydrogen-bond acceptors (Lipinski definition) is 2. The fraction of sp³-hybridized carbons (Fsp3) is 0.833. The molecule has 0 rings (SSSR count). The molecule has 2 atom stereocenters. The number of carbonyl (C=O) groups is 2. The normalized spacial score (nSPS) is 14.9. The molecule has 5 heteroatoms. The summed E-state index contributed by atoms with van der Waals surface area (Å²) < 4.78 is 0. The van der Waals surface area contributed by atoms with Gasteiger partial charge in [-0.2, -0.15) is 0 Å². The van der Waals surface area contributed by atoms with Crippen LogP contribution in [0.2, 0.25) is 0 Å². The predicted octanol–water partition coefficient (Wildman–Crippen LogP) is 1.97. The zero-order valence-electron chi connectivity index (χ0n) is 11.3. The maximum Gasteiger partial charge on any atom is 0.326 e. The van der Waals surface area contributed by atoms with Gasteiger partial charge in [0.05, 0.1) is 0 Å². The smallest absolute Gasteiger partial charge is 0.326 e. The Morgan fingerprint density at radius 1 is 1.29 bits per heavy atom. The van der Waals surface area contributed by atoms with Crippen LogP contribution in [0.4, 0.5) is 4.79 Å². The Kier molecular flexibility index (Phi) is 5.99. The minimum Gasteiger partial charge on any atom is -0.480 e. The zero-order valence-corrected chi connectivity index (χ0v) is 11.3. The number of urea groups is 1. The number of carboxylic acid groups (broad SMARTS) is 1. The molecule has 2 amide bonds. The SMILES string of the molecule is CCC(C)C(NC(=O)NC(C)(C)CC)C(=O)O. The number of carboxylic acids is 1. The number of amides is 2. The van der Waals surface area contributed by atoms with Crippen LogP contribution in [0, 0.1) is 5.92 Å². The molecule has 0 aromatic carbocycles. The van der Waals surface area contributed by atoms with Crippen molar-refractivity contribution in [3.8, 4) is 0 Å². The molecule has 0 fully saturated rings. The molecular formula is C12H24N2O3. The molecule has 0 radical (unpaired) electrons. The summed E-state index contributed by atoms with van der Waals surface area (Å²) >= 11 is 0. The van der Waals surface area contributed by atoms with Crippen LogP contribution in [0.3, 0.4) is 0 Å². The molecule has 100 valence electrons. The second-order valence-corrected chi connectivity index (χ2v) is 5.04. The van der Waals surface area contributed by atoms with Crippen LogP contribution in [-0.4, -0.2) is 28.7 Å². The van der Waals surface area contributed by atoms with Gasteiger partial charge in [-0.05, 0) is 26.2 Å². The molecule has 0 aromatic heterocycles. The molecule has 0 saturated heterocycles. The van der Waals surface area contributed by atoms with E-state index in [1.165, 1.54) is 0 Å². The van der Waals surface area contributed by atoms with Gasteiger partial charge in [-0.3, -0.25) is 0 Å². The summed E-state index contributed by atoms with van der Waals surface area (Å²) in [5.74, 6) is -1.09. The van der Waals surface area contributed by atoms with E-state index in [0.29, 0.717) is 6.42 Å². The summed E-state index contributed by atoms with van der Waals surface area (Å²) in [6.07, 6.45) is 1.48. The summed E-state index contributed by atoms with van der Waals surface area (Å²) in [7, 11) is 0. The Bertz CT molecular complexity index is 277. The Morgan fingerprint density at radius 2 is 1.82 bits per heavy atom. The number of aliphatic carboxylic acids is 1. The van der Waals surface area contributed by atoms with Crippen LogP contribution in [0.15, 0.2) is 0 Å². The molecule has 0 saturated carbocycles. The minimum atomic E-state index is -0.996. The molecule has 3 N–H and O–H groups in total. The monoisotopic (exact) mass is 244 g/mol. The second kappa shape index (κ2) is 6.47. The van der Waals surface area contributed by atoms with E-state index in [2.05, 4.69) is 10.6 Å². The fourth-order valence-electron chi connectivity index (χ4n) is 1.26. The maximum atomic E-state index is 11.7. The Labute approximate surface area is 103 Å². The molecular weight excluding hydrogens is 220 g/mol. The second-order valence-electron chi connectivity index (χ2n) is 5.04. The Morgan fingerprint density at radius 3 is 2.18 bits per heavy atom. The average Bonchev–Trinajstić information content (AvgIpc) is 2.24. The molecule has 0 aliphatic heterocycles. The lowest BCUT2D eigenvalue weighted by Gasteiger charge is -2.27. The summed E-state index contributed by atoms with van der Waals surface area (Å²) in [6.45, 7) is 9.46. The van der Waals surface area contributed by atoms with Gasteiger partial charge >= 0.3 is 12.0 Å². The zero-order chi connectivity index (χ0) is 13.6. The first-order chi connectivity index (χ1) is 7.73. The highest BCUT2D eigenvalue weighted by molar-refractivity contribution is 5.83. The summed E-state index contributed by atoms with van der Waals surface area (Å²) in [5.41, 5.74) is -0.331. The van der Waals surface area contributed by atoms with Gasteiger partial charge in [-0.25, -0.2) is 9.59 Å².